The molecule has 2 aliphatic rings. The molecule has 5 nitrogen and oxygen atoms in total. The van der Waals surface area contributed by atoms with Crippen molar-refractivity contribution in [2.75, 3.05) is 45.2 Å². The van der Waals surface area contributed by atoms with Gasteiger partial charge in [-0.05, 0) is 43.6 Å². The molecule has 4 rings (SSSR count). The fraction of sp³-hybridized carbons (Fsp3) is 0.417. The van der Waals surface area contributed by atoms with Gasteiger partial charge >= 0.3 is 0 Å². The van der Waals surface area contributed by atoms with Crippen LogP contribution in [0.5, 0.6) is 0 Å². The monoisotopic (exact) mass is 391 g/mol. The van der Waals surface area contributed by atoms with E-state index in [0.29, 0.717) is 6.42 Å². The molecule has 0 unspecified atom stereocenters. The van der Waals surface area contributed by atoms with Gasteiger partial charge in [-0.3, -0.25) is 9.59 Å². The number of fused-ring (bicyclic) bond motifs is 1. The topological polar surface area (TPSA) is 43.9 Å². The molecule has 0 aliphatic carbocycles. The Morgan fingerprint density at radius 2 is 1.66 bits per heavy atom. The Kier molecular flexibility index (Phi) is 5.41. The summed E-state index contributed by atoms with van der Waals surface area (Å²) in [4.78, 5) is 32.9. The van der Waals surface area contributed by atoms with Crippen molar-refractivity contribution in [3.05, 3.63) is 65.7 Å². The standard InChI is InChI=1S/C24H29N3O2/c1-25-13-8-14-27(16-15-25)22(28)18-24(17-19-9-4-3-5-10-19)20-11-6-7-12-21(20)26(2)23(24)29/h3-7,9-12H,8,13-18H2,1-2H3/t24-/m1/s1. The molecule has 2 aromatic carbocycles. The Hall–Kier alpha value is -2.66. The Balaban J connectivity index is 1.70. The predicted octanol–water partition coefficient (Wildman–Crippen LogP) is 2.70. The first-order valence-electron chi connectivity index (χ1n) is 10.4. The number of para-hydroxylation sites is 1. The fourth-order valence-electron chi connectivity index (χ4n) is 4.73. The van der Waals surface area contributed by atoms with Crippen LogP contribution in [0.2, 0.25) is 0 Å². The lowest BCUT2D eigenvalue weighted by molar-refractivity contribution is -0.136. The number of carbonyl (C=O) groups excluding carboxylic acids is 2. The van der Waals surface area contributed by atoms with E-state index in [1.54, 1.807) is 4.90 Å². The van der Waals surface area contributed by atoms with E-state index in [4.69, 9.17) is 0 Å². The second-order valence-electron chi connectivity index (χ2n) is 8.34. The highest BCUT2D eigenvalue weighted by molar-refractivity contribution is 6.09. The average Bonchev–Trinajstić information content (AvgIpc) is 2.88. The van der Waals surface area contributed by atoms with Crippen molar-refractivity contribution in [3.8, 4) is 0 Å². The molecular weight excluding hydrogens is 362 g/mol. The molecule has 2 aromatic rings. The van der Waals surface area contributed by atoms with Crippen molar-refractivity contribution in [1.82, 2.24) is 9.80 Å². The Labute approximate surface area is 172 Å². The second-order valence-corrected chi connectivity index (χ2v) is 8.34. The quantitative estimate of drug-likeness (QED) is 0.805. The number of hydrogen-bond acceptors (Lipinski definition) is 3. The van der Waals surface area contributed by atoms with Crippen LogP contribution in [0.15, 0.2) is 54.6 Å². The number of hydrogen-bond donors (Lipinski definition) is 0. The molecule has 2 heterocycles. The molecule has 1 atom stereocenters. The summed E-state index contributed by atoms with van der Waals surface area (Å²) in [5.41, 5.74) is 2.12. The molecule has 1 fully saturated rings. The minimum atomic E-state index is -0.845. The second kappa shape index (κ2) is 7.99. The number of rotatable bonds is 4. The van der Waals surface area contributed by atoms with Gasteiger partial charge in [-0.1, -0.05) is 48.5 Å². The first-order valence-corrected chi connectivity index (χ1v) is 10.4. The summed E-state index contributed by atoms with van der Waals surface area (Å²) in [6.45, 7) is 3.37. The van der Waals surface area contributed by atoms with Crippen LogP contribution in [0, 0.1) is 0 Å². The van der Waals surface area contributed by atoms with Gasteiger partial charge in [0.05, 0.1) is 5.41 Å². The number of anilines is 1. The lowest BCUT2D eigenvalue weighted by atomic mass is 9.73. The molecular formula is C24H29N3O2. The summed E-state index contributed by atoms with van der Waals surface area (Å²) in [5, 5.41) is 0. The molecule has 0 aromatic heterocycles. The number of likely N-dealkylation sites (N-methyl/N-ethyl adjacent to an activating group) is 2. The van der Waals surface area contributed by atoms with Crippen LogP contribution in [0.1, 0.15) is 24.0 Å². The van der Waals surface area contributed by atoms with E-state index in [0.717, 1.165) is 49.4 Å². The van der Waals surface area contributed by atoms with E-state index in [1.165, 1.54) is 0 Å². The van der Waals surface area contributed by atoms with Crippen LogP contribution < -0.4 is 4.90 Å². The van der Waals surface area contributed by atoms with Gasteiger partial charge < -0.3 is 14.7 Å². The number of nitrogens with zero attached hydrogens (tertiary/aromatic N) is 3. The summed E-state index contributed by atoms with van der Waals surface area (Å²) in [6.07, 6.45) is 1.72. The third kappa shape index (κ3) is 3.67. The van der Waals surface area contributed by atoms with Gasteiger partial charge in [-0.2, -0.15) is 0 Å². The molecule has 0 radical (unpaired) electrons. The summed E-state index contributed by atoms with van der Waals surface area (Å²) in [6, 6.07) is 18.0. The van der Waals surface area contributed by atoms with E-state index in [-0.39, 0.29) is 18.2 Å². The normalized spacial score (nSPS) is 22.5. The highest BCUT2D eigenvalue weighted by Gasteiger charge is 2.51. The van der Waals surface area contributed by atoms with E-state index < -0.39 is 5.41 Å². The van der Waals surface area contributed by atoms with Crippen LogP contribution in [0.4, 0.5) is 5.69 Å². The van der Waals surface area contributed by atoms with Crippen LogP contribution in [-0.4, -0.2) is 61.9 Å². The van der Waals surface area contributed by atoms with Gasteiger partial charge in [0.25, 0.3) is 0 Å². The van der Waals surface area contributed by atoms with Gasteiger partial charge in [0.15, 0.2) is 0 Å². The molecule has 0 spiro atoms. The van der Waals surface area contributed by atoms with E-state index in [1.807, 2.05) is 66.5 Å². The summed E-state index contributed by atoms with van der Waals surface area (Å²) >= 11 is 0. The Bertz CT molecular complexity index is 898. The van der Waals surface area contributed by atoms with Gasteiger partial charge in [0.1, 0.15) is 0 Å². The molecule has 1 saturated heterocycles. The summed E-state index contributed by atoms with van der Waals surface area (Å²) in [7, 11) is 3.91. The zero-order chi connectivity index (χ0) is 20.4. The molecule has 152 valence electrons. The molecule has 0 bridgehead atoms. The minimum Gasteiger partial charge on any atom is -0.341 e. The largest absolute Gasteiger partial charge is 0.341 e. The minimum absolute atomic E-state index is 0.0165. The number of amides is 2. The third-order valence-corrected chi connectivity index (χ3v) is 6.37. The van der Waals surface area contributed by atoms with Crippen molar-refractivity contribution in [2.24, 2.45) is 0 Å². The maximum absolute atomic E-state index is 13.6. The van der Waals surface area contributed by atoms with Crippen LogP contribution in [0.25, 0.3) is 0 Å². The number of benzene rings is 2. The molecule has 2 amide bonds. The van der Waals surface area contributed by atoms with Crippen LogP contribution >= 0.6 is 0 Å². The van der Waals surface area contributed by atoms with Crippen molar-refractivity contribution < 1.29 is 9.59 Å². The predicted molar refractivity (Wildman–Crippen MR) is 115 cm³/mol. The number of carbonyl (C=O) groups is 2. The highest BCUT2D eigenvalue weighted by Crippen LogP contribution is 2.45. The molecule has 5 heteroatoms. The zero-order valence-corrected chi connectivity index (χ0v) is 17.3. The maximum Gasteiger partial charge on any atom is 0.238 e. The van der Waals surface area contributed by atoms with Crippen LogP contribution in [-0.2, 0) is 21.4 Å². The third-order valence-electron chi connectivity index (χ3n) is 6.37. The first-order chi connectivity index (χ1) is 14.0. The molecule has 2 aliphatic heterocycles. The van der Waals surface area contributed by atoms with E-state index in [9.17, 15) is 9.59 Å². The molecule has 0 saturated carbocycles. The average molecular weight is 392 g/mol. The molecule has 29 heavy (non-hydrogen) atoms. The van der Waals surface area contributed by atoms with Gasteiger partial charge in [0, 0.05) is 38.8 Å². The molecule has 0 N–H and O–H groups in total. The van der Waals surface area contributed by atoms with E-state index >= 15 is 0 Å². The Morgan fingerprint density at radius 1 is 0.931 bits per heavy atom. The van der Waals surface area contributed by atoms with Gasteiger partial charge in [0.2, 0.25) is 11.8 Å². The Morgan fingerprint density at radius 3 is 2.45 bits per heavy atom. The van der Waals surface area contributed by atoms with Gasteiger partial charge in [-0.15, -0.1) is 0 Å². The van der Waals surface area contributed by atoms with Gasteiger partial charge in [-0.25, -0.2) is 0 Å². The summed E-state index contributed by atoms with van der Waals surface area (Å²) in [5.74, 6) is 0.0949. The smallest absolute Gasteiger partial charge is 0.238 e. The van der Waals surface area contributed by atoms with Crippen LogP contribution in [0.3, 0.4) is 0 Å². The zero-order valence-electron chi connectivity index (χ0n) is 17.3. The highest BCUT2D eigenvalue weighted by atomic mass is 16.2. The lowest BCUT2D eigenvalue weighted by Gasteiger charge is -2.31. The fourth-order valence-corrected chi connectivity index (χ4v) is 4.73. The summed E-state index contributed by atoms with van der Waals surface area (Å²) < 4.78 is 0. The SMILES string of the molecule is CN1CCCN(C(=O)C[C@@]2(Cc3ccccc3)C(=O)N(C)c3ccccc32)CC1. The van der Waals surface area contributed by atoms with Crippen molar-refractivity contribution >= 4 is 17.5 Å². The van der Waals surface area contributed by atoms with Crippen molar-refractivity contribution in [2.45, 2.75) is 24.7 Å². The maximum atomic E-state index is 13.6. The first kappa shape index (κ1) is 19.6. The van der Waals surface area contributed by atoms with Crippen molar-refractivity contribution in [3.63, 3.8) is 0 Å². The van der Waals surface area contributed by atoms with Crippen molar-refractivity contribution in [1.29, 1.82) is 0 Å². The van der Waals surface area contributed by atoms with E-state index in [2.05, 4.69) is 11.9 Å². The lowest BCUT2D eigenvalue weighted by Crippen LogP contribution is -2.46.